The van der Waals surface area contributed by atoms with E-state index < -0.39 is 5.82 Å². The first kappa shape index (κ1) is 8.19. The van der Waals surface area contributed by atoms with Gasteiger partial charge in [-0.05, 0) is 18.2 Å². The maximum atomic E-state index is 12.9. The van der Waals surface area contributed by atoms with Crippen molar-refractivity contribution in [1.29, 1.82) is 0 Å². The van der Waals surface area contributed by atoms with Crippen molar-refractivity contribution in [1.82, 2.24) is 10.2 Å². The third-order valence-electron chi connectivity index (χ3n) is 1.53. The maximum absolute atomic E-state index is 12.9. The molecule has 5 heteroatoms. The zero-order valence-corrected chi connectivity index (χ0v) is 7.12. The standard InChI is InChI=1S/C8H4ClFN2O/c9-6-2-1-5(3-7(6)10)8-12-11-4-13-8/h1-4H. The Labute approximate surface area is 78.2 Å². The van der Waals surface area contributed by atoms with Gasteiger partial charge in [0, 0.05) is 5.56 Å². The van der Waals surface area contributed by atoms with Crippen LogP contribution in [0.25, 0.3) is 11.5 Å². The Morgan fingerprint density at radius 2 is 2.23 bits per heavy atom. The molecule has 13 heavy (non-hydrogen) atoms. The van der Waals surface area contributed by atoms with E-state index in [2.05, 4.69) is 10.2 Å². The lowest BCUT2D eigenvalue weighted by atomic mass is 10.2. The average Bonchev–Trinajstić information content (AvgIpc) is 2.62. The molecule has 0 atom stereocenters. The number of hydrogen-bond donors (Lipinski definition) is 0. The summed E-state index contributed by atoms with van der Waals surface area (Å²) in [7, 11) is 0. The minimum atomic E-state index is -0.502. The molecule has 0 saturated carbocycles. The van der Waals surface area contributed by atoms with Gasteiger partial charge in [0.25, 0.3) is 0 Å². The van der Waals surface area contributed by atoms with E-state index in [1.807, 2.05) is 0 Å². The van der Waals surface area contributed by atoms with Gasteiger partial charge in [0.05, 0.1) is 5.02 Å². The molecule has 0 bridgehead atoms. The first-order chi connectivity index (χ1) is 6.27. The van der Waals surface area contributed by atoms with Crippen LogP contribution in [0.1, 0.15) is 0 Å². The molecule has 0 aliphatic rings. The van der Waals surface area contributed by atoms with E-state index in [4.69, 9.17) is 16.0 Å². The molecule has 2 aromatic rings. The van der Waals surface area contributed by atoms with E-state index in [9.17, 15) is 4.39 Å². The highest BCUT2D eigenvalue weighted by molar-refractivity contribution is 6.30. The normalized spacial score (nSPS) is 10.3. The van der Waals surface area contributed by atoms with Gasteiger partial charge in [-0.25, -0.2) is 4.39 Å². The second-order valence-electron chi connectivity index (χ2n) is 2.37. The van der Waals surface area contributed by atoms with E-state index >= 15 is 0 Å². The molecule has 0 spiro atoms. The summed E-state index contributed by atoms with van der Waals surface area (Å²) in [6.07, 6.45) is 1.18. The summed E-state index contributed by atoms with van der Waals surface area (Å²) < 4.78 is 17.8. The fourth-order valence-corrected chi connectivity index (χ4v) is 1.05. The molecule has 66 valence electrons. The topological polar surface area (TPSA) is 38.9 Å². The molecule has 0 N–H and O–H groups in total. The first-order valence-corrected chi connectivity index (χ1v) is 3.87. The fourth-order valence-electron chi connectivity index (χ4n) is 0.928. The molecule has 1 aromatic carbocycles. The molecule has 0 aliphatic carbocycles. The zero-order valence-electron chi connectivity index (χ0n) is 6.37. The van der Waals surface area contributed by atoms with Crippen LogP contribution in [-0.4, -0.2) is 10.2 Å². The van der Waals surface area contributed by atoms with E-state index in [0.717, 1.165) is 0 Å². The Bertz CT molecular complexity index is 416. The lowest BCUT2D eigenvalue weighted by molar-refractivity contribution is 0.567. The third kappa shape index (κ3) is 1.53. The number of benzene rings is 1. The number of rotatable bonds is 1. The van der Waals surface area contributed by atoms with Crippen molar-refractivity contribution in [2.24, 2.45) is 0 Å². The highest BCUT2D eigenvalue weighted by Gasteiger charge is 2.06. The van der Waals surface area contributed by atoms with Gasteiger partial charge >= 0.3 is 0 Å². The molecule has 0 radical (unpaired) electrons. The summed E-state index contributed by atoms with van der Waals surface area (Å²) in [5.41, 5.74) is 0.513. The van der Waals surface area contributed by atoms with Gasteiger partial charge in [0.2, 0.25) is 12.3 Å². The van der Waals surface area contributed by atoms with Crippen LogP contribution in [0.3, 0.4) is 0 Å². The van der Waals surface area contributed by atoms with E-state index in [1.165, 1.54) is 18.5 Å². The van der Waals surface area contributed by atoms with Crippen molar-refractivity contribution >= 4 is 11.6 Å². The minimum Gasteiger partial charge on any atom is -0.423 e. The zero-order chi connectivity index (χ0) is 9.26. The first-order valence-electron chi connectivity index (χ1n) is 3.49. The van der Waals surface area contributed by atoms with Crippen molar-refractivity contribution in [3.05, 3.63) is 35.4 Å². The fraction of sp³-hybridized carbons (Fsp3) is 0. The Balaban J connectivity index is 2.49. The predicted octanol–water partition coefficient (Wildman–Crippen LogP) is 2.53. The number of aromatic nitrogens is 2. The van der Waals surface area contributed by atoms with E-state index in [0.29, 0.717) is 5.56 Å². The quantitative estimate of drug-likeness (QED) is 0.707. The number of halogens is 2. The lowest BCUT2D eigenvalue weighted by Gasteiger charge is -1.95. The van der Waals surface area contributed by atoms with Crippen LogP contribution in [0.15, 0.2) is 29.0 Å². The highest BCUT2D eigenvalue weighted by Crippen LogP contribution is 2.21. The highest BCUT2D eigenvalue weighted by atomic mass is 35.5. The predicted molar refractivity (Wildman–Crippen MR) is 44.7 cm³/mol. The Hall–Kier alpha value is -1.42. The van der Waals surface area contributed by atoms with Crippen molar-refractivity contribution in [3.63, 3.8) is 0 Å². The van der Waals surface area contributed by atoms with Crippen molar-refractivity contribution < 1.29 is 8.81 Å². The van der Waals surface area contributed by atoms with Crippen LogP contribution >= 0.6 is 11.6 Å². The summed E-state index contributed by atoms with van der Waals surface area (Å²) >= 11 is 5.50. The third-order valence-corrected chi connectivity index (χ3v) is 1.83. The average molecular weight is 199 g/mol. The summed E-state index contributed by atoms with van der Waals surface area (Å²) in [6, 6.07) is 4.30. The van der Waals surface area contributed by atoms with Gasteiger partial charge in [-0.2, -0.15) is 0 Å². The maximum Gasteiger partial charge on any atom is 0.247 e. The van der Waals surface area contributed by atoms with Gasteiger partial charge in [0.15, 0.2) is 0 Å². The SMILES string of the molecule is Fc1cc(-c2nnco2)ccc1Cl. The largest absolute Gasteiger partial charge is 0.423 e. The van der Waals surface area contributed by atoms with Gasteiger partial charge < -0.3 is 4.42 Å². The molecule has 0 amide bonds. The van der Waals surface area contributed by atoms with Crippen molar-refractivity contribution in [2.75, 3.05) is 0 Å². The van der Waals surface area contributed by atoms with E-state index in [-0.39, 0.29) is 10.9 Å². The summed E-state index contributed by atoms with van der Waals surface area (Å²) in [5.74, 6) is -0.229. The molecule has 0 unspecified atom stereocenters. The second kappa shape index (κ2) is 3.14. The van der Waals surface area contributed by atoms with Crippen molar-refractivity contribution in [3.8, 4) is 11.5 Å². The molecule has 3 nitrogen and oxygen atoms in total. The van der Waals surface area contributed by atoms with Gasteiger partial charge in [0.1, 0.15) is 5.82 Å². The van der Waals surface area contributed by atoms with Crippen LogP contribution in [0, 0.1) is 5.82 Å². The second-order valence-corrected chi connectivity index (χ2v) is 2.78. The number of nitrogens with zero attached hydrogens (tertiary/aromatic N) is 2. The van der Waals surface area contributed by atoms with Gasteiger partial charge in [-0.1, -0.05) is 11.6 Å². The van der Waals surface area contributed by atoms with Crippen molar-refractivity contribution in [2.45, 2.75) is 0 Å². The van der Waals surface area contributed by atoms with Crippen LogP contribution in [0.4, 0.5) is 4.39 Å². The minimum absolute atomic E-state index is 0.0725. The molecular weight excluding hydrogens is 195 g/mol. The molecule has 2 rings (SSSR count). The van der Waals surface area contributed by atoms with Crippen LogP contribution in [0.2, 0.25) is 5.02 Å². The van der Waals surface area contributed by atoms with Crippen LogP contribution in [0.5, 0.6) is 0 Å². The number of hydrogen-bond acceptors (Lipinski definition) is 3. The molecule has 0 saturated heterocycles. The summed E-state index contributed by atoms with van der Waals surface area (Å²) in [5, 5.41) is 7.18. The molecule has 1 aromatic heterocycles. The smallest absolute Gasteiger partial charge is 0.247 e. The lowest BCUT2D eigenvalue weighted by Crippen LogP contribution is -1.81. The van der Waals surface area contributed by atoms with Crippen LogP contribution in [-0.2, 0) is 0 Å². The monoisotopic (exact) mass is 198 g/mol. The Morgan fingerprint density at radius 3 is 2.85 bits per heavy atom. The Morgan fingerprint density at radius 1 is 1.38 bits per heavy atom. The molecule has 0 aliphatic heterocycles. The van der Waals surface area contributed by atoms with Crippen LogP contribution < -0.4 is 0 Å². The van der Waals surface area contributed by atoms with Gasteiger partial charge in [-0.15, -0.1) is 10.2 Å². The summed E-state index contributed by atoms with van der Waals surface area (Å²) in [6.45, 7) is 0. The molecule has 0 fully saturated rings. The Kier molecular flexibility index (Phi) is 1.98. The molecule has 1 heterocycles. The molecular formula is C8H4ClFN2O. The van der Waals surface area contributed by atoms with Gasteiger partial charge in [-0.3, -0.25) is 0 Å². The van der Waals surface area contributed by atoms with E-state index in [1.54, 1.807) is 6.07 Å². The summed E-state index contributed by atoms with van der Waals surface area (Å²) in [4.78, 5) is 0.